The van der Waals surface area contributed by atoms with Crippen LogP contribution in [-0.2, 0) is 10.1 Å². The minimum Gasteiger partial charge on any atom is -0.449 e. The first-order valence-corrected chi connectivity index (χ1v) is 7.63. The standard InChI is InChI=1S/C14H10O9S/c15-13(16)21-9-1-3-11(4-2-9)23-24(19,20)12-7-5-10(6-8-12)22-14(17)18/h1-8H,(H,15,16)(H,17,18). The molecule has 0 atom stereocenters. The summed E-state index contributed by atoms with van der Waals surface area (Å²) >= 11 is 0. The van der Waals surface area contributed by atoms with Gasteiger partial charge < -0.3 is 23.9 Å². The number of rotatable bonds is 5. The highest BCUT2D eigenvalue weighted by atomic mass is 32.2. The summed E-state index contributed by atoms with van der Waals surface area (Å²) in [5, 5.41) is 16.9. The van der Waals surface area contributed by atoms with Crippen molar-refractivity contribution in [2.75, 3.05) is 0 Å². The van der Waals surface area contributed by atoms with E-state index in [1.807, 2.05) is 0 Å². The van der Waals surface area contributed by atoms with Gasteiger partial charge in [-0.25, -0.2) is 9.59 Å². The third kappa shape index (κ3) is 4.61. The summed E-state index contributed by atoms with van der Waals surface area (Å²) in [4.78, 5) is 20.5. The second-order valence-corrected chi connectivity index (χ2v) is 5.76. The van der Waals surface area contributed by atoms with Crippen molar-refractivity contribution >= 4 is 22.4 Å². The Balaban J connectivity index is 2.12. The minimum atomic E-state index is -4.15. The van der Waals surface area contributed by atoms with Crippen molar-refractivity contribution in [3.63, 3.8) is 0 Å². The van der Waals surface area contributed by atoms with Crippen LogP contribution in [0.3, 0.4) is 0 Å². The van der Waals surface area contributed by atoms with Gasteiger partial charge >= 0.3 is 22.4 Å². The zero-order valence-corrected chi connectivity index (χ0v) is 12.6. The van der Waals surface area contributed by atoms with Crippen LogP contribution in [0.4, 0.5) is 9.59 Å². The van der Waals surface area contributed by atoms with Crippen LogP contribution in [0.15, 0.2) is 53.4 Å². The molecule has 0 saturated carbocycles. The Labute approximate surface area is 135 Å². The molecular formula is C14H10O9S. The smallest absolute Gasteiger partial charge is 0.449 e. The van der Waals surface area contributed by atoms with Gasteiger partial charge in [-0.1, -0.05) is 0 Å². The van der Waals surface area contributed by atoms with E-state index >= 15 is 0 Å². The Hall–Kier alpha value is -3.27. The summed E-state index contributed by atoms with van der Waals surface area (Å²) in [6.07, 6.45) is -3.02. The molecule has 0 aliphatic carbocycles. The van der Waals surface area contributed by atoms with Gasteiger partial charge in [0.1, 0.15) is 22.1 Å². The second kappa shape index (κ2) is 6.87. The lowest BCUT2D eigenvalue weighted by Crippen LogP contribution is -2.10. The minimum absolute atomic E-state index is 0.00224. The summed E-state index contributed by atoms with van der Waals surface area (Å²) in [5.41, 5.74) is 0. The molecule has 0 aromatic heterocycles. The molecule has 10 heteroatoms. The van der Waals surface area contributed by atoms with E-state index in [2.05, 4.69) is 9.47 Å². The zero-order chi connectivity index (χ0) is 17.7. The highest BCUT2D eigenvalue weighted by molar-refractivity contribution is 7.87. The van der Waals surface area contributed by atoms with Crippen LogP contribution in [0.2, 0.25) is 0 Å². The fourth-order valence-electron chi connectivity index (χ4n) is 1.61. The third-order valence-electron chi connectivity index (χ3n) is 2.55. The lowest BCUT2D eigenvalue weighted by Gasteiger charge is -2.08. The second-order valence-electron chi connectivity index (χ2n) is 4.22. The number of carboxylic acid groups (broad SMARTS) is 2. The highest BCUT2D eigenvalue weighted by Crippen LogP contribution is 2.23. The molecule has 0 aliphatic heterocycles. The summed E-state index contributed by atoms with van der Waals surface area (Å²) < 4.78 is 37.8. The van der Waals surface area contributed by atoms with E-state index < -0.39 is 22.4 Å². The van der Waals surface area contributed by atoms with E-state index in [1.54, 1.807) is 0 Å². The fraction of sp³-hybridized carbons (Fsp3) is 0. The molecule has 2 aromatic carbocycles. The Kier molecular flexibility index (Phi) is 4.90. The van der Waals surface area contributed by atoms with E-state index in [1.165, 1.54) is 24.3 Å². The molecule has 2 rings (SSSR count). The Morgan fingerprint density at radius 1 is 0.708 bits per heavy atom. The largest absolute Gasteiger partial charge is 0.511 e. The maximum Gasteiger partial charge on any atom is 0.511 e. The van der Waals surface area contributed by atoms with E-state index in [0.717, 1.165) is 24.3 Å². The Bertz CT molecular complexity index is 839. The van der Waals surface area contributed by atoms with Crippen molar-refractivity contribution in [1.82, 2.24) is 0 Å². The zero-order valence-electron chi connectivity index (χ0n) is 11.8. The molecule has 0 aliphatic rings. The molecule has 126 valence electrons. The van der Waals surface area contributed by atoms with Gasteiger partial charge in [-0.05, 0) is 48.5 Å². The Morgan fingerprint density at radius 2 is 1.08 bits per heavy atom. The summed E-state index contributed by atoms with van der Waals surface area (Å²) in [6.45, 7) is 0. The molecule has 0 unspecified atom stereocenters. The number of ether oxygens (including phenoxy) is 2. The van der Waals surface area contributed by atoms with Gasteiger partial charge in [0, 0.05) is 0 Å². The normalized spacial score (nSPS) is 10.7. The van der Waals surface area contributed by atoms with Gasteiger partial charge in [0.05, 0.1) is 0 Å². The predicted molar refractivity (Wildman–Crippen MR) is 78.0 cm³/mol. The van der Waals surface area contributed by atoms with Crippen LogP contribution in [0.1, 0.15) is 0 Å². The molecule has 0 fully saturated rings. The van der Waals surface area contributed by atoms with Gasteiger partial charge in [-0.3, -0.25) is 0 Å². The van der Waals surface area contributed by atoms with Gasteiger partial charge in [0.2, 0.25) is 0 Å². The van der Waals surface area contributed by atoms with E-state index in [9.17, 15) is 18.0 Å². The first-order chi connectivity index (χ1) is 11.3. The van der Waals surface area contributed by atoms with Crippen LogP contribution >= 0.6 is 0 Å². The molecule has 0 radical (unpaired) electrons. The molecule has 0 amide bonds. The van der Waals surface area contributed by atoms with Gasteiger partial charge in [0.25, 0.3) is 0 Å². The molecular weight excluding hydrogens is 344 g/mol. The SMILES string of the molecule is O=C(O)Oc1ccc(OS(=O)(=O)c2ccc(OC(=O)O)cc2)cc1. The van der Waals surface area contributed by atoms with Crippen LogP contribution < -0.4 is 13.7 Å². The lowest BCUT2D eigenvalue weighted by atomic mass is 10.3. The monoisotopic (exact) mass is 354 g/mol. The first-order valence-electron chi connectivity index (χ1n) is 6.22. The lowest BCUT2D eigenvalue weighted by molar-refractivity contribution is 0.143. The highest BCUT2D eigenvalue weighted by Gasteiger charge is 2.17. The van der Waals surface area contributed by atoms with Crippen molar-refractivity contribution in [2.24, 2.45) is 0 Å². The quantitative estimate of drug-likeness (QED) is 0.471. The van der Waals surface area contributed by atoms with Crippen molar-refractivity contribution in [1.29, 1.82) is 0 Å². The molecule has 9 nitrogen and oxygen atoms in total. The topological polar surface area (TPSA) is 136 Å². The van der Waals surface area contributed by atoms with Crippen LogP contribution in [0.25, 0.3) is 0 Å². The number of carbonyl (C=O) groups is 2. The number of hydrogen-bond donors (Lipinski definition) is 2. The molecule has 0 saturated heterocycles. The van der Waals surface area contributed by atoms with Crippen molar-refractivity contribution in [3.05, 3.63) is 48.5 Å². The summed E-state index contributed by atoms with van der Waals surface area (Å²) in [5.74, 6) is -0.0994. The maximum absolute atomic E-state index is 12.1. The molecule has 0 spiro atoms. The molecule has 0 heterocycles. The van der Waals surface area contributed by atoms with Gasteiger partial charge in [-0.2, -0.15) is 8.42 Å². The van der Waals surface area contributed by atoms with E-state index in [4.69, 9.17) is 14.4 Å². The molecule has 2 N–H and O–H groups in total. The first kappa shape index (κ1) is 17.1. The predicted octanol–water partition coefficient (Wildman–Crippen LogP) is 2.57. The average Bonchev–Trinajstić information content (AvgIpc) is 2.48. The van der Waals surface area contributed by atoms with Gasteiger partial charge in [-0.15, -0.1) is 0 Å². The Morgan fingerprint density at radius 3 is 1.50 bits per heavy atom. The summed E-state index contributed by atoms with van der Waals surface area (Å²) in [7, 11) is -4.15. The van der Waals surface area contributed by atoms with Crippen molar-refractivity contribution < 1.29 is 41.9 Å². The number of hydrogen-bond acceptors (Lipinski definition) is 7. The summed E-state index contributed by atoms with van der Waals surface area (Å²) in [6, 6.07) is 9.45. The van der Waals surface area contributed by atoms with E-state index in [0.29, 0.717) is 0 Å². The van der Waals surface area contributed by atoms with Crippen molar-refractivity contribution in [3.8, 4) is 17.2 Å². The third-order valence-corrected chi connectivity index (χ3v) is 3.81. The molecule has 2 aromatic rings. The van der Waals surface area contributed by atoms with Crippen LogP contribution in [0, 0.1) is 0 Å². The van der Waals surface area contributed by atoms with Crippen LogP contribution in [0.5, 0.6) is 17.2 Å². The maximum atomic E-state index is 12.1. The molecule has 0 bridgehead atoms. The molecule has 24 heavy (non-hydrogen) atoms. The van der Waals surface area contributed by atoms with Crippen molar-refractivity contribution in [2.45, 2.75) is 4.90 Å². The average molecular weight is 354 g/mol. The van der Waals surface area contributed by atoms with Gasteiger partial charge in [0.15, 0.2) is 0 Å². The van der Waals surface area contributed by atoms with E-state index in [-0.39, 0.29) is 22.1 Å². The van der Waals surface area contributed by atoms with Crippen LogP contribution in [-0.4, -0.2) is 30.9 Å². The number of benzene rings is 2. The fourth-order valence-corrected chi connectivity index (χ4v) is 2.54.